The molecule has 3 heterocycles. The van der Waals surface area contributed by atoms with Crippen LogP contribution in [0.4, 0.5) is 5.13 Å². The molecule has 5 rings (SSSR count). The molecule has 0 bridgehead atoms. The van der Waals surface area contributed by atoms with Crippen molar-refractivity contribution < 1.29 is 23.9 Å². The average Bonchev–Trinajstić information content (AvgIpc) is 3.46. The molecule has 2 aromatic carbocycles. The molecule has 2 aliphatic heterocycles. The minimum atomic E-state index is -0.700. The number of piperidine rings is 1. The standard InChI is InChI=1S/C30H37BN2O5S/c1-19-7-10-26(24(15-19)25-18-39-28(32-25)33-13-11-21(12-14-33)27(34)35)36-17-22-8-9-23(16-20(22)2)31-37-29(3,4)30(5,6)38-31/h7-10,15-16,18,21H,11-14,17H2,1-6H3,(H,34,35). The summed E-state index contributed by atoms with van der Waals surface area (Å²) in [7, 11) is -0.388. The third-order valence-electron chi connectivity index (χ3n) is 8.29. The number of anilines is 1. The van der Waals surface area contributed by atoms with Crippen molar-refractivity contribution in [3.8, 4) is 17.0 Å². The molecule has 1 aromatic heterocycles. The summed E-state index contributed by atoms with van der Waals surface area (Å²) >= 11 is 1.59. The van der Waals surface area contributed by atoms with Crippen LogP contribution in [-0.4, -0.2) is 47.5 Å². The number of thiazole rings is 1. The highest BCUT2D eigenvalue weighted by Crippen LogP contribution is 2.37. The molecule has 39 heavy (non-hydrogen) atoms. The summed E-state index contributed by atoms with van der Waals surface area (Å²) in [6.07, 6.45) is 1.30. The first-order valence-electron chi connectivity index (χ1n) is 13.6. The predicted molar refractivity (Wildman–Crippen MR) is 156 cm³/mol. The number of hydrogen-bond acceptors (Lipinski definition) is 7. The first-order valence-corrected chi connectivity index (χ1v) is 14.4. The Morgan fingerprint density at radius 3 is 2.44 bits per heavy atom. The van der Waals surface area contributed by atoms with Gasteiger partial charge in [0.15, 0.2) is 5.13 Å². The Kier molecular flexibility index (Phi) is 7.52. The van der Waals surface area contributed by atoms with E-state index in [2.05, 4.69) is 82.2 Å². The van der Waals surface area contributed by atoms with Crippen LogP contribution in [0.25, 0.3) is 11.3 Å². The van der Waals surface area contributed by atoms with Crippen LogP contribution in [0, 0.1) is 19.8 Å². The van der Waals surface area contributed by atoms with Crippen LogP contribution >= 0.6 is 11.3 Å². The molecule has 206 valence electrons. The molecule has 0 atom stereocenters. The summed E-state index contributed by atoms with van der Waals surface area (Å²) in [5.41, 5.74) is 5.45. The lowest BCUT2D eigenvalue weighted by molar-refractivity contribution is -0.142. The van der Waals surface area contributed by atoms with Crippen molar-refractivity contribution in [3.05, 3.63) is 58.5 Å². The maximum atomic E-state index is 11.3. The monoisotopic (exact) mass is 548 g/mol. The number of aromatic nitrogens is 1. The van der Waals surface area contributed by atoms with Crippen molar-refractivity contribution in [1.29, 1.82) is 0 Å². The Balaban J connectivity index is 1.29. The molecule has 0 radical (unpaired) electrons. The van der Waals surface area contributed by atoms with Gasteiger partial charge in [0.2, 0.25) is 0 Å². The maximum absolute atomic E-state index is 11.3. The molecule has 9 heteroatoms. The zero-order valence-corrected chi connectivity index (χ0v) is 24.4. The zero-order valence-electron chi connectivity index (χ0n) is 23.6. The molecule has 1 N–H and O–H groups in total. The molecule has 3 aromatic rings. The van der Waals surface area contributed by atoms with E-state index >= 15 is 0 Å². The Morgan fingerprint density at radius 1 is 1.10 bits per heavy atom. The third-order valence-corrected chi connectivity index (χ3v) is 9.19. The van der Waals surface area contributed by atoms with Gasteiger partial charge in [0.05, 0.1) is 22.8 Å². The lowest BCUT2D eigenvalue weighted by atomic mass is 9.78. The summed E-state index contributed by atoms with van der Waals surface area (Å²) in [5, 5.41) is 12.3. The number of carboxylic acids is 1. The van der Waals surface area contributed by atoms with E-state index in [1.807, 2.05) is 6.07 Å². The van der Waals surface area contributed by atoms with Crippen molar-refractivity contribution in [3.63, 3.8) is 0 Å². The lowest BCUT2D eigenvalue weighted by Crippen LogP contribution is -2.41. The fourth-order valence-electron chi connectivity index (χ4n) is 4.98. The Bertz CT molecular complexity index is 1350. The number of ether oxygens (including phenoxy) is 1. The zero-order chi connectivity index (χ0) is 27.9. The van der Waals surface area contributed by atoms with E-state index in [0.717, 1.165) is 44.3 Å². The molecule has 0 amide bonds. The first-order chi connectivity index (χ1) is 18.4. The number of rotatable bonds is 7. The highest BCUT2D eigenvalue weighted by atomic mass is 32.1. The number of hydrogen-bond donors (Lipinski definition) is 1. The molecule has 2 saturated heterocycles. The third kappa shape index (κ3) is 5.71. The van der Waals surface area contributed by atoms with Gasteiger partial charge in [-0.05, 0) is 83.1 Å². The second-order valence-electron chi connectivity index (χ2n) is 11.7. The molecular formula is C30H37BN2O5S. The number of aliphatic carboxylic acids is 1. The van der Waals surface area contributed by atoms with Gasteiger partial charge >= 0.3 is 13.1 Å². The molecular weight excluding hydrogens is 511 g/mol. The van der Waals surface area contributed by atoms with Gasteiger partial charge in [0.25, 0.3) is 0 Å². The van der Waals surface area contributed by atoms with E-state index in [1.165, 1.54) is 0 Å². The van der Waals surface area contributed by atoms with Gasteiger partial charge in [-0.25, -0.2) is 4.98 Å². The van der Waals surface area contributed by atoms with Crippen LogP contribution in [0.15, 0.2) is 41.8 Å². The summed E-state index contributed by atoms with van der Waals surface area (Å²) < 4.78 is 18.8. The van der Waals surface area contributed by atoms with Crippen LogP contribution in [0.2, 0.25) is 0 Å². The molecule has 0 aliphatic carbocycles. The summed E-state index contributed by atoms with van der Waals surface area (Å²) in [6, 6.07) is 12.4. The van der Waals surface area contributed by atoms with Gasteiger partial charge in [-0.3, -0.25) is 4.79 Å². The smallest absolute Gasteiger partial charge is 0.488 e. The van der Waals surface area contributed by atoms with E-state index in [-0.39, 0.29) is 24.2 Å². The van der Waals surface area contributed by atoms with Crippen molar-refractivity contribution >= 4 is 35.0 Å². The van der Waals surface area contributed by atoms with Gasteiger partial charge < -0.3 is 24.1 Å². The van der Waals surface area contributed by atoms with Crippen molar-refractivity contribution in [2.75, 3.05) is 18.0 Å². The van der Waals surface area contributed by atoms with Gasteiger partial charge in [0.1, 0.15) is 12.4 Å². The quantitative estimate of drug-likeness (QED) is 0.385. The minimum Gasteiger partial charge on any atom is -0.488 e. The molecule has 7 nitrogen and oxygen atoms in total. The molecule has 2 aliphatic rings. The van der Waals surface area contributed by atoms with E-state index in [9.17, 15) is 9.90 Å². The maximum Gasteiger partial charge on any atom is 0.494 e. The van der Waals surface area contributed by atoms with Crippen LogP contribution in [0.1, 0.15) is 57.2 Å². The van der Waals surface area contributed by atoms with Crippen molar-refractivity contribution in [2.45, 2.75) is 72.2 Å². The first kappa shape index (κ1) is 27.7. The number of benzene rings is 2. The SMILES string of the molecule is Cc1ccc(OCc2ccc(B3OC(C)(C)C(C)(C)O3)cc2C)c(-c2csc(N3CCC(C(=O)O)CC3)n2)c1. The number of aryl methyl sites for hydroxylation is 2. The summed E-state index contributed by atoms with van der Waals surface area (Å²) in [5.74, 6) is -0.169. The molecule has 0 saturated carbocycles. The lowest BCUT2D eigenvalue weighted by Gasteiger charge is -2.32. The Morgan fingerprint density at radius 2 is 1.79 bits per heavy atom. The van der Waals surface area contributed by atoms with Gasteiger partial charge in [-0.15, -0.1) is 11.3 Å². The van der Waals surface area contributed by atoms with Crippen LogP contribution in [-0.2, 0) is 20.7 Å². The molecule has 0 spiro atoms. The van der Waals surface area contributed by atoms with Crippen molar-refractivity contribution in [2.24, 2.45) is 5.92 Å². The second-order valence-corrected chi connectivity index (χ2v) is 12.5. The van der Waals surface area contributed by atoms with E-state index in [1.54, 1.807) is 11.3 Å². The van der Waals surface area contributed by atoms with Crippen LogP contribution in [0.3, 0.4) is 0 Å². The van der Waals surface area contributed by atoms with Crippen LogP contribution in [0.5, 0.6) is 5.75 Å². The number of carbonyl (C=O) groups is 1. The van der Waals surface area contributed by atoms with Gasteiger partial charge in [-0.2, -0.15) is 0 Å². The highest BCUT2D eigenvalue weighted by Gasteiger charge is 2.51. The largest absolute Gasteiger partial charge is 0.494 e. The number of carboxylic acid groups (broad SMARTS) is 1. The average molecular weight is 549 g/mol. The predicted octanol–water partition coefficient (Wildman–Crippen LogP) is 5.61. The van der Waals surface area contributed by atoms with E-state index < -0.39 is 5.97 Å². The fraction of sp³-hybridized carbons (Fsp3) is 0.467. The molecule has 0 unspecified atom stereocenters. The van der Waals surface area contributed by atoms with Gasteiger partial charge in [0, 0.05) is 24.0 Å². The van der Waals surface area contributed by atoms with Crippen LogP contribution < -0.4 is 15.1 Å². The second kappa shape index (κ2) is 10.6. The fourth-order valence-corrected chi connectivity index (χ4v) is 5.86. The van der Waals surface area contributed by atoms with E-state index in [0.29, 0.717) is 32.5 Å². The van der Waals surface area contributed by atoms with E-state index in [4.69, 9.17) is 19.0 Å². The summed E-state index contributed by atoms with van der Waals surface area (Å²) in [6.45, 7) is 14.3. The Labute approximate surface area is 235 Å². The normalized spacial score (nSPS) is 18.9. The summed E-state index contributed by atoms with van der Waals surface area (Å²) in [4.78, 5) is 18.4. The van der Waals surface area contributed by atoms with Crippen molar-refractivity contribution in [1.82, 2.24) is 4.98 Å². The minimum absolute atomic E-state index is 0.258. The highest BCUT2D eigenvalue weighted by molar-refractivity contribution is 7.14. The Hall–Kier alpha value is -2.88. The number of nitrogens with zero attached hydrogens (tertiary/aromatic N) is 2. The topological polar surface area (TPSA) is 81.1 Å². The molecule has 2 fully saturated rings. The van der Waals surface area contributed by atoms with Gasteiger partial charge in [-0.1, -0.05) is 29.8 Å².